The quantitative estimate of drug-likeness (QED) is 0.742. The molecular weight excluding hydrogens is 318 g/mol. The second-order valence-electron chi connectivity index (χ2n) is 6.18. The average Bonchev–Trinajstić information content (AvgIpc) is 3.17. The van der Waals surface area contributed by atoms with Crippen molar-refractivity contribution in [1.29, 1.82) is 0 Å². The van der Waals surface area contributed by atoms with Crippen LogP contribution in [-0.4, -0.2) is 29.6 Å². The monoisotopic (exact) mass is 339 g/mol. The highest BCUT2D eigenvalue weighted by Gasteiger charge is 2.12. The molecule has 0 aliphatic rings. The second-order valence-corrected chi connectivity index (χ2v) is 6.18. The van der Waals surface area contributed by atoms with Crippen LogP contribution in [0.25, 0.3) is 11.3 Å². The molecule has 130 valence electrons. The largest absolute Gasteiger partial charge is 0.465 e. The van der Waals surface area contributed by atoms with E-state index in [9.17, 15) is 4.79 Å². The number of nitrogens with one attached hydrogen (secondary N) is 1. The summed E-state index contributed by atoms with van der Waals surface area (Å²) in [7, 11) is 1.86. The molecular formula is C19H21N3O3. The van der Waals surface area contributed by atoms with Gasteiger partial charge in [0, 0.05) is 11.6 Å². The summed E-state index contributed by atoms with van der Waals surface area (Å²) in [5.41, 5.74) is 2.81. The van der Waals surface area contributed by atoms with Crippen LogP contribution in [0.15, 0.2) is 51.4 Å². The summed E-state index contributed by atoms with van der Waals surface area (Å²) in [6.07, 6.45) is 0. The SMILES string of the molecule is Cc1ccc(-c2cc(NC(=O)CN(C)Cc3ccc(C)o3)on2)cc1. The zero-order valence-corrected chi connectivity index (χ0v) is 14.6. The molecule has 0 atom stereocenters. The van der Waals surface area contributed by atoms with Gasteiger partial charge in [-0.1, -0.05) is 35.0 Å². The number of aryl methyl sites for hydroxylation is 2. The molecule has 6 nitrogen and oxygen atoms in total. The standard InChI is InChI=1S/C19H21N3O3/c1-13-4-7-15(8-5-13)17-10-19(25-21-17)20-18(23)12-22(3)11-16-9-6-14(2)24-16/h4-10H,11-12H2,1-3H3,(H,20,23). The van der Waals surface area contributed by atoms with Crippen molar-refractivity contribution in [3.63, 3.8) is 0 Å². The van der Waals surface area contributed by atoms with Crippen LogP contribution in [-0.2, 0) is 11.3 Å². The number of hydrogen-bond donors (Lipinski definition) is 1. The van der Waals surface area contributed by atoms with Crippen LogP contribution >= 0.6 is 0 Å². The number of aromatic nitrogens is 1. The van der Waals surface area contributed by atoms with Gasteiger partial charge >= 0.3 is 0 Å². The third kappa shape index (κ3) is 4.58. The predicted octanol–water partition coefficient (Wildman–Crippen LogP) is 3.62. The molecule has 2 heterocycles. The molecule has 25 heavy (non-hydrogen) atoms. The van der Waals surface area contributed by atoms with Gasteiger partial charge in [0.25, 0.3) is 0 Å². The van der Waals surface area contributed by atoms with E-state index in [-0.39, 0.29) is 12.5 Å². The third-order valence-corrected chi connectivity index (χ3v) is 3.76. The van der Waals surface area contributed by atoms with E-state index in [2.05, 4.69) is 10.5 Å². The zero-order chi connectivity index (χ0) is 17.8. The first kappa shape index (κ1) is 17.0. The Morgan fingerprint density at radius 3 is 2.60 bits per heavy atom. The fourth-order valence-corrected chi connectivity index (χ4v) is 2.51. The molecule has 0 saturated heterocycles. The topological polar surface area (TPSA) is 71.5 Å². The van der Waals surface area contributed by atoms with Crippen molar-refractivity contribution in [2.75, 3.05) is 18.9 Å². The van der Waals surface area contributed by atoms with E-state index in [0.29, 0.717) is 18.1 Å². The molecule has 0 spiro atoms. The number of amides is 1. The lowest BCUT2D eigenvalue weighted by Crippen LogP contribution is -2.29. The van der Waals surface area contributed by atoms with Crippen molar-refractivity contribution in [2.24, 2.45) is 0 Å². The van der Waals surface area contributed by atoms with E-state index in [4.69, 9.17) is 8.94 Å². The molecule has 0 radical (unpaired) electrons. The number of furan rings is 1. The summed E-state index contributed by atoms with van der Waals surface area (Å²) in [6, 6.07) is 13.5. The highest BCUT2D eigenvalue weighted by atomic mass is 16.5. The Balaban J connectivity index is 1.55. The van der Waals surface area contributed by atoms with E-state index >= 15 is 0 Å². The van der Waals surface area contributed by atoms with Gasteiger partial charge in [-0.2, -0.15) is 0 Å². The summed E-state index contributed by atoms with van der Waals surface area (Å²) < 4.78 is 10.7. The van der Waals surface area contributed by atoms with Crippen molar-refractivity contribution in [3.8, 4) is 11.3 Å². The molecule has 6 heteroatoms. The van der Waals surface area contributed by atoms with Crippen LogP contribution in [0.5, 0.6) is 0 Å². The molecule has 0 unspecified atom stereocenters. The van der Waals surface area contributed by atoms with E-state index in [1.807, 2.05) is 62.2 Å². The number of hydrogen-bond acceptors (Lipinski definition) is 5. The van der Waals surface area contributed by atoms with Gasteiger partial charge in [0.15, 0.2) is 0 Å². The van der Waals surface area contributed by atoms with Crippen LogP contribution in [0.2, 0.25) is 0 Å². The van der Waals surface area contributed by atoms with E-state index in [0.717, 1.165) is 17.1 Å². The predicted molar refractivity (Wildman–Crippen MR) is 95.1 cm³/mol. The van der Waals surface area contributed by atoms with E-state index < -0.39 is 0 Å². The molecule has 2 aromatic heterocycles. The van der Waals surface area contributed by atoms with Crippen molar-refractivity contribution in [3.05, 3.63) is 59.5 Å². The van der Waals surface area contributed by atoms with Gasteiger partial charge in [0.1, 0.15) is 17.2 Å². The molecule has 1 N–H and O–H groups in total. The Hall–Kier alpha value is -2.86. The summed E-state index contributed by atoms with van der Waals surface area (Å²) >= 11 is 0. The number of rotatable bonds is 6. The van der Waals surface area contributed by atoms with Gasteiger partial charge in [-0.15, -0.1) is 0 Å². The smallest absolute Gasteiger partial charge is 0.240 e. The minimum Gasteiger partial charge on any atom is -0.465 e. The maximum Gasteiger partial charge on any atom is 0.240 e. The molecule has 0 saturated carbocycles. The summed E-state index contributed by atoms with van der Waals surface area (Å²) in [5.74, 6) is 1.85. The molecule has 1 amide bonds. The maximum atomic E-state index is 12.1. The number of likely N-dealkylation sites (N-methyl/N-ethyl adjacent to an activating group) is 1. The Kier molecular flexibility index (Phi) is 5.00. The van der Waals surface area contributed by atoms with Crippen molar-refractivity contribution in [1.82, 2.24) is 10.1 Å². The van der Waals surface area contributed by atoms with Gasteiger partial charge < -0.3 is 8.94 Å². The van der Waals surface area contributed by atoms with Crippen LogP contribution in [0, 0.1) is 13.8 Å². The Morgan fingerprint density at radius 1 is 1.16 bits per heavy atom. The lowest BCUT2D eigenvalue weighted by Gasteiger charge is -2.13. The number of carbonyl (C=O) groups excluding carboxylic acids is 1. The summed E-state index contributed by atoms with van der Waals surface area (Å²) in [4.78, 5) is 14.0. The number of nitrogens with zero attached hydrogens (tertiary/aromatic N) is 2. The van der Waals surface area contributed by atoms with Crippen LogP contribution in [0.1, 0.15) is 17.1 Å². The number of anilines is 1. The molecule has 0 aliphatic heterocycles. The maximum absolute atomic E-state index is 12.1. The highest BCUT2D eigenvalue weighted by molar-refractivity contribution is 5.91. The van der Waals surface area contributed by atoms with Gasteiger partial charge in [-0.3, -0.25) is 15.0 Å². The van der Waals surface area contributed by atoms with Crippen LogP contribution < -0.4 is 5.32 Å². The molecule has 1 aromatic carbocycles. The van der Waals surface area contributed by atoms with Crippen molar-refractivity contribution < 1.29 is 13.7 Å². The first-order valence-corrected chi connectivity index (χ1v) is 8.07. The Bertz CT molecular complexity index is 849. The minimum atomic E-state index is -0.169. The lowest BCUT2D eigenvalue weighted by molar-refractivity contribution is -0.117. The molecule has 3 rings (SSSR count). The Morgan fingerprint density at radius 2 is 1.92 bits per heavy atom. The zero-order valence-electron chi connectivity index (χ0n) is 14.6. The first-order valence-electron chi connectivity index (χ1n) is 8.07. The minimum absolute atomic E-state index is 0.169. The highest BCUT2D eigenvalue weighted by Crippen LogP contribution is 2.22. The van der Waals surface area contributed by atoms with Gasteiger partial charge in [0.2, 0.25) is 11.8 Å². The van der Waals surface area contributed by atoms with Gasteiger partial charge in [-0.05, 0) is 33.0 Å². The molecule has 0 bridgehead atoms. The van der Waals surface area contributed by atoms with E-state index in [1.165, 1.54) is 5.56 Å². The van der Waals surface area contributed by atoms with Crippen molar-refractivity contribution in [2.45, 2.75) is 20.4 Å². The van der Waals surface area contributed by atoms with Crippen molar-refractivity contribution >= 4 is 11.8 Å². The number of benzene rings is 1. The van der Waals surface area contributed by atoms with Crippen LogP contribution in [0.4, 0.5) is 5.88 Å². The van der Waals surface area contributed by atoms with Gasteiger partial charge in [-0.25, -0.2) is 0 Å². The normalized spacial score (nSPS) is 11.0. The van der Waals surface area contributed by atoms with E-state index in [1.54, 1.807) is 6.07 Å². The number of carbonyl (C=O) groups is 1. The fourth-order valence-electron chi connectivity index (χ4n) is 2.51. The average molecular weight is 339 g/mol. The molecule has 0 fully saturated rings. The fraction of sp³-hybridized carbons (Fsp3) is 0.263. The lowest BCUT2D eigenvalue weighted by atomic mass is 10.1. The summed E-state index contributed by atoms with van der Waals surface area (Å²) in [5, 5.41) is 6.73. The Labute approximate surface area is 146 Å². The van der Waals surface area contributed by atoms with Crippen LogP contribution in [0.3, 0.4) is 0 Å². The van der Waals surface area contributed by atoms with Gasteiger partial charge in [0.05, 0.1) is 13.1 Å². The second kappa shape index (κ2) is 7.36. The molecule has 3 aromatic rings. The molecule has 0 aliphatic carbocycles. The first-order chi connectivity index (χ1) is 12.0. The third-order valence-electron chi connectivity index (χ3n) is 3.76. The summed E-state index contributed by atoms with van der Waals surface area (Å²) in [6.45, 7) is 4.71.